The second kappa shape index (κ2) is 10.4. The summed E-state index contributed by atoms with van der Waals surface area (Å²) in [5.41, 5.74) is 0. The molecule has 4 N–H and O–H groups in total. The molecule has 9 heteroatoms. The summed E-state index contributed by atoms with van der Waals surface area (Å²) in [6.45, 7) is 3.59. The van der Waals surface area contributed by atoms with Crippen molar-refractivity contribution in [3.05, 3.63) is 22.4 Å². The lowest BCUT2D eigenvalue weighted by atomic mass is 10.3. The smallest absolute Gasteiger partial charge is 0.210 e. The molecule has 0 aliphatic heterocycles. The second-order valence-corrected chi connectivity index (χ2v) is 6.65. The average molecular weight is 432 g/mol. The lowest BCUT2D eigenvalue weighted by Crippen LogP contribution is -2.38. The predicted molar refractivity (Wildman–Crippen MR) is 95.4 cm³/mol. The van der Waals surface area contributed by atoms with Gasteiger partial charge in [-0.25, -0.2) is 13.6 Å². The topological polar surface area (TPSA) is 96.6 Å². The SMILES string of the molecule is CCNC(=NCCS(N)(=O)=O)NCCc1cccs1.I. The van der Waals surface area contributed by atoms with Gasteiger partial charge in [-0.15, -0.1) is 35.3 Å². The first-order valence-corrected chi connectivity index (χ1v) is 8.66. The first-order valence-electron chi connectivity index (χ1n) is 6.06. The number of hydrogen-bond acceptors (Lipinski definition) is 4. The normalized spacial score (nSPS) is 11.8. The van der Waals surface area contributed by atoms with Gasteiger partial charge in [-0.2, -0.15) is 0 Å². The standard InChI is InChI=1S/C11H20N4O2S2.HI/c1-2-13-11(15-7-9-19(12,16)17)14-6-5-10-4-3-8-18-10;/h3-4,8H,2,5-7,9H2,1H3,(H2,12,16,17)(H2,13,14,15);1H. The van der Waals surface area contributed by atoms with Gasteiger partial charge in [0.05, 0.1) is 12.3 Å². The highest BCUT2D eigenvalue weighted by Gasteiger charge is 2.02. The molecule has 1 aromatic rings. The van der Waals surface area contributed by atoms with E-state index in [1.165, 1.54) is 4.88 Å². The third-order valence-electron chi connectivity index (χ3n) is 2.23. The van der Waals surface area contributed by atoms with Crippen LogP contribution in [0, 0.1) is 0 Å². The summed E-state index contributed by atoms with van der Waals surface area (Å²) in [5, 5.41) is 13.2. The van der Waals surface area contributed by atoms with Crippen LogP contribution in [0.4, 0.5) is 0 Å². The molecule has 0 bridgehead atoms. The van der Waals surface area contributed by atoms with Crippen molar-refractivity contribution in [1.29, 1.82) is 0 Å². The Balaban J connectivity index is 0.00000361. The van der Waals surface area contributed by atoms with Gasteiger partial charge in [0.2, 0.25) is 10.0 Å². The van der Waals surface area contributed by atoms with Gasteiger partial charge in [0.15, 0.2) is 5.96 Å². The second-order valence-electron chi connectivity index (χ2n) is 3.88. The van der Waals surface area contributed by atoms with Crippen molar-refractivity contribution in [2.24, 2.45) is 10.1 Å². The molecular formula is C11H21IN4O2S2. The summed E-state index contributed by atoms with van der Waals surface area (Å²) in [7, 11) is -3.45. The fraction of sp³-hybridized carbons (Fsp3) is 0.545. The zero-order valence-corrected chi connectivity index (χ0v) is 15.3. The molecule has 1 heterocycles. The van der Waals surface area contributed by atoms with Gasteiger partial charge in [0.25, 0.3) is 0 Å². The maximum Gasteiger partial charge on any atom is 0.210 e. The van der Waals surface area contributed by atoms with E-state index in [4.69, 9.17) is 5.14 Å². The van der Waals surface area contributed by atoms with Gasteiger partial charge in [0, 0.05) is 18.0 Å². The van der Waals surface area contributed by atoms with Gasteiger partial charge >= 0.3 is 0 Å². The van der Waals surface area contributed by atoms with Crippen LogP contribution in [0.5, 0.6) is 0 Å². The van der Waals surface area contributed by atoms with Crippen LogP contribution in [-0.2, 0) is 16.4 Å². The lowest BCUT2D eigenvalue weighted by molar-refractivity contribution is 0.597. The zero-order chi connectivity index (χ0) is 14.1. The number of aliphatic imine (C=N–C) groups is 1. The first-order chi connectivity index (χ1) is 9.01. The molecule has 0 aromatic carbocycles. The Hall–Kier alpha value is -0.390. The van der Waals surface area contributed by atoms with Crippen LogP contribution in [-0.4, -0.2) is 39.8 Å². The first kappa shape index (κ1) is 19.6. The summed E-state index contributed by atoms with van der Waals surface area (Å²) in [4.78, 5) is 5.46. The Morgan fingerprint density at radius 3 is 2.75 bits per heavy atom. The highest BCUT2D eigenvalue weighted by atomic mass is 127. The number of nitrogens with zero attached hydrogens (tertiary/aromatic N) is 1. The van der Waals surface area contributed by atoms with Gasteiger partial charge in [-0.1, -0.05) is 6.07 Å². The van der Waals surface area contributed by atoms with Crippen LogP contribution in [0.15, 0.2) is 22.5 Å². The van der Waals surface area contributed by atoms with Crippen molar-refractivity contribution in [2.75, 3.05) is 25.4 Å². The van der Waals surface area contributed by atoms with E-state index in [9.17, 15) is 8.42 Å². The molecule has 0 saturated carbocycles. The molecule has 0 unspecified atom stereocenters. The number of sulfonamides is 1. The number of primary sulfonamides is 1. The largest absolute Gasteiger partial charge is 0.357 e. The van der Waals surface area contributed by atoms with Crippen molar-refractivity contribution in [2.45, 2.75) is 13.3 Å². The highest BCUT2D eigenvalue weighted by Crippen LogP contribution is 2.07. The Morgan fingerprint density at radius 2 is 2.20 bits per heavy atom. The van der Waals surface area contributed by atoms with E-state index < -0.39 is 10.0 Å². The van der Waals surface area contributed by atoms with Gasteiger partial charge in [-0.3, -0.25) is 4.99 Å². The quantitative estimate of drug-likeness (QED) is 0.337. The molecular weight excluding hydrogens is 411 g/mol. The third-order valence-corrected chi connectivity index (χ3v) is 3.92. The van der Waals surface area contributed by atoms with Crippen LogP contribution in [0.3, 0.4) is 0 Å². The van der Waals surface area contributed by atoms with E-state index in [0.717, 1.165) is 19.5 Å². The number of halogens is 1. The molecule has 1 rings (SSSR count). The Morgan fingerprint density at radius 1 is 1.45 bits per heavy atom. The van der Waals surface area contributed by atoms with Crippen LogP contribution in [0.2, 0.25) is 0 Å². The molecule has 0 spiro atoms. The maximum atomic E-state index is 10.8. The van der Waals surface area contributed by atoms with E-state index in [1.807, 2.05) is 18.4 Å². The zero-order valence-electron chi connectivity index (χ0n) is 11.3. The molecule has 20 heavy (non-hydrogen) atoms. The molecule has 1 aromatic heterocycles. The minimum atomic E-state index is -3.45. The minimum Gasteiger partial charge on any atom is -0.357 e. The molecule has 6 nitrogen and oxygen atoms in total. The molecule has 0 aliphatic rings. The summed E-state index contributed by atoms with van der Waals surface area (Å²) in [6.07, 6.45) is 0.914. The summed E-state index contributed by atoms with van der Waals surface area (Å²) in [6, 6.07) is 4.10. The number of thiophene rings is 1. The summed E-state index contributed by atoms with van der Waals surface area (Å²) in [5.74, 6) is 0.469. The van der Waals surface area contributed by atoms with Crippen LogP contribution >= 0.6 is 35.3 Å². The van der Waals surface area contributed by atoms with Crippen molar-refractivity contribution in [1.82, 2.24) is 10.6 Å². The van der Waals surface area contributed by atoms with Crippen LogP contribution < -0.4 is 15.8 Å². The van der Waals surface area contributed by atoms with Crippen molar-refractivity contribution < 1.29 is 8.42 Å². The minimum absolute atomic E-state index is 0. The molecule has 116 valence electrons. The Kier molecular flexibility index (Phi) is 10.2. The van der Waals surface area contributed by atoms with Crippen molar-refractivity contribution in [3.8, 4) is 0 Å². The van der Waals surface area contributed by atoms with Crippen molar-refractivity contribution in [3.63, 3.8) is 0 Å². The summed E-state index contributed by atoms with van der Waals surface area (Å²) < 4.78 is 21.6. The monoisotopic (exact) mass is 432 g/mol. The fourth-order valence-electron chi connectivity index (χ4n) is 1.39. The van der Waals surface area contributed by atoms with E-state index >= 15 is 0 Å². The van der Waals surface area contributed by atoms with E-state index in [0.29, 0.717) is 5.96 Å². The van der Waals surface area contributed by atoms with E-state index in [1.54, 1.807) is 11.3 Å². The number of rotatable bonds is 7. The molecule has 0 saturated heterocycles. The Labute approximate surface area is 141 Å². The van der Waals surface area contributed by atoms with Gasteiger partial charge < -0.3 is 10.6 Å². The van der Waals surface area contributed by atoms with Crippen molar-refractivity contribution >= 4 is 51.3 Å². The predicted octanol–water partition coefficient (Wildman–Crippen LogP) is 0.752. The average Bonchev–Trinajstić information content (AvgIpc) is 2.80. The van der Waals surface area contributed by atoms with Crippen LogP contribution in [0.1, 0.15) is 11.8 Å². The van der Waals surface area contributed by atoms with E-state index in [-0.39, 0.29) is 36.3 Å². The lowest BCUT2D eigenvalue weighted by Gasteiger charge is -2.10. The highest BCUT2D eigenvalue weighted by molar-refractivity contribution is 14.0. The third kappa shape index (κ3) is 9.50. The number of guanidine groups is 1. The molecule has 0 aliphatic carbocycles. The number of nitrogens with two attached hydrogens (primary N) is 1. The number of nitrogens with one attached hydrogen (secondary N) is 2. The van der Waals surface area contributed by atoms with Gasteiger partial charge in [0.1, 0.15) is 0 Å². The molecule has 0 atom stereocenters. The van der Waals surface area contributed by atoms with E-state index in [2.05, 4.69) is 21.7 Å². The Bertz CT molecular complexity index is 489. The molecule has 0 amide bonds. The van der Waals surface area contributed by atoms with Crippen LogP contribution in [0.25, 0.3) is 0 Å². The van der Waals surface area contributed by atoms with Gasteiger partial charge in [-0.05, 0) is 24.8 Å². The fourth-order valence-corrected chi connectivity index (χ4v) is 2.44. The maximum absolute atomic E-state index is 10.8. The molecule has 0 radical (unpaired) electrons. The summed E-state index contributed by atoms with van der Waals surface area (Å²) >= 11 is 1.71. The molecule has 0 fully saturated rings. The number of hydrogen-bond donors (Lipinski definition) is 3.